The third kappa shape index (κ3) is 2.38. The van der Waals surface area contributed by atoms with Crippen LogP contribution in [-0.4, -0.2) is 22.1 Å². The zero-order valence-electron chi connectivity index (χ0n) is 9.57. The summed E-state index contributed by atoms with van der Waals surface area (Å²) in [6.07, 6.45) is 3.56. The lowest BCUT2D eigenvalue weighted by atomic mass is 10.2. The van der Waals surface area contributed by atoms with Crippen molar-refractivity contribution in [1.29, 1.82) is 5.26 Å². The molecule has 0 saturated heterocycles. The van der Waals surface area contributed by atoms with E-state index in [0.717, 1.165) is 31.5 Å². The molecule has 2 N–H and O–H groups in total. The summed E-state index contributed by atoms with van der Waals surface area (Å²) in [6, 6.07) is 2.93. The van der Waals surface area contributed by atoms with E-state index in [9.17, 15) is 10.1 Å². The lowest BCUT2D eigenvalue weighted by Crippen LogP contribution is -2.34. The summed E-state index contributed by atoms with van der Waals surface area (Å²) in [5.74, 6) is 0.116. The topological polar surface area (TPSA) is 115 Å². The van der Waals surface area contributed by atoms with Gasteiger partial charge in [0, 0.05) is 12.1 Å². The second-order valence-corrected chi connectivity index (χ2v) is 4.17. The summed E-state index contributed by atoms with van der Waals surface area (Å²) in [4.78, 5) is 13.8. The number of nitrogens with two attached hydrogens (primary N) is 1. The monoisotopic (exact) mass is 248 g/mol. The van der Waals surface area contributed by atoms with Crippen LogP contribution in [0, 0.1) is 21.4 Å². The van der Waals surface area contributed by atoms with E-state index in [1.165, 1.54) is 0 Å². The molecule has 2 atom stereocenters. The van der Waals surface area contributed by atoms with Crippen molar-refractivity contribution < 1.29 is 9.66 Å². The Bertz CT molecular complexity index is 512. The standard InChI is InChI=1S/C11H12N4O3/c12-5-7-4-8(15(16)17)6-14-11(7)18-10-3-1-2-9(10)13/h4,6,9-10H,1-3,13H2. The minimum atomic E-state index is -0.598. The highest BCUT2D eigenvalue weighted by Gasteiger charge is 2.27. The smallest absolute Gasteiger partial charge is 0.289 e. The van der Waals surface area contributed by atoms with Gasteiger partial charge in [-0.15, -0.1) is 0 Å². The van der Waals surface area contributed by atoms with Crippen molar-refractivity contribution in [3.05, 3.63) is 27.9 Å². The predicted octanol–water partition coefficient (Wildman–Crippen LogP) is 1.12. The third-order valence-electron chi connectivity index (χ3n) is 2.93. The highest BCUT2D eigenvalue weighted by atomic mass is 16.6. The van der Waals surface area contributed by atoms with Gasteiger partial charge in [0.2, 0.25) is 5.88 Å². The van der Waals surface area contributed by atoms with E-state index in [1.807, 2.05) is 6.07 Å². The number of aromatic nitrogens is 1. The van der Waals surface area contributed by atoms with E-state index in [-0.39, 0.29) is 29.3 Å². The molecule has 0 aromatic carbocycles. The van der Waals surface area contributed by atoms with Gasteiger partial charge >= 0.3 is 0 Å². The number of pyridine rings is 1. The van der Waals surface area contributed by atoms with Crippen molar-refractivity contribution >= 4 is 5.69 Å². The highest BCUT2D eigenvalue weighted by Crippen LogP contribution is 2.26. The zero-order valence-corrected chi connectivity index (χ0v) is 9.57. The Kier molecular flexibility index (Phi) is 3.39. The number of hydrogen-bond acceptors (Lipinski definition) is 6. The maximum atomic E-state index is 10.6. The van der Waals surface area contributed by atoms with Crippen LogP contribution in [0.3, 0.4) is 0 Å². The first-order chi connectivity index (χ1) is 8.61. The average Bonchev–Trinajstić information content (AvgIpc) is 2.75. The molecule has 1 aliphatic rings. The Morgan fingerprint density at radius 1 is 1.61 bits per heavy atom. The van der Waals surface area contributed by atoms with Crippen LogP contribution < -0.4 is 10.5 Å². The molecule has 1 aliphatic carbocycles. The molecule has 7 nitrogen and oxygen atoms in total. The molecule has 1 fully saturated rings. The number of hydrogen-bond donors (Lipinski definition) is 1. The quantitative estimate of drug-likeness (QED) is 0.633. The zero-order chi connectivity index (χ0) is 13.1. The van der Waals surface area contributed by atoms with Gasteiger partial charge in [0.15, 0.2) is 0 Å². The number of rotatable bonds is 3. The van der Waals surface area contributed by atoms with Gasteiger partial charge in [0.1, 0.15) is 23.9 Å². The molecule has 18 heavy (non-hydrogen) atoms. The number of nitrogens with zero attached hydrogens (tertiary/aromatic N) is 3. The van der Waals surface area contributed by atoms with E-state index < -0.39 is 4.92 Å². The summed E-state index contributed by atoms with van der Waals surface area (Å²) < 4.78 is 5.56. The predicted molar refractivity (Wildman–Crippen MR) is 61.8 cm³/mol. The van der Waals surface area contributed by atoms with Gasteiger partial charge in [-0.1, -0.05) is 0 Å². The summed E-state index contributed by atoms with van der Waals surface area (Å²) in [5, 5.41) is 19.5. The van der Waals surface area contributed by atoms with Crippen LogP contribution in [0.2, 0.25) is 0 Å². The van der Waals surface area contributed by atoms with Gasteiger partial charge in [-0.3, -0.25) is 10.1 Å². The lowest BCUT2D eigenvalue weighted by Gasteiger charge is -2.17. The number of ether oxygens (including phenoxy) is 1. The van der Waals surface area contributed by atoms with Gasteiger partial charge in [-0.2, -0.15) is 5.26 Å². The second-order valence-electron chi connectivity index (χ2n) is 4.17. The molecule has 0 bridgehead atoms. The van der Waals surface area contributed by atoms with Crippen molar-refractivity contribution in [3.63, 3.8) is 0 Å². The van der Waals surface area contributed by atoms with Crippen LogP contribution >= 0.6 is 0 Å². The van der Waals surface area contributed by atoms with Crippen molar-refractivity contribution in [2.45, 2.75) is 31.4 Å². The molecule has 1 aromatic heterocycles. The fourth-order valence-electron chi connectivity index (χ4n) is 1.96. The number of nitriles is 1. The van der Waals surface area contributed by atoms with E-state index >= 15 is 0 Å². The maximum absolute atomic E-state index is 10.6. The molecule has 2 rings (SSSR count). The SMILES string of the molecule is N#Cc1cc([N+](=O)[O-])cnc1OC1CCCC1N. The number of nitro groups is 1. The average molecular weight is 248 g/mol. The minimum Gasteiger partial charge on any atom is -0.472 e. The van der Waals surface area contributed by atoms with Gasteiger partial charge in [0.05, 0.1) is 4.92 Å². The van der Waals surface area contributed by atoms with Crippen LogP contribution in [-0.2, 0) is 0 Å². The maximum Gasteiger partial charge on any atom is 0.289 e. The van der Waals surface area contributed by atoms with Crippen LogP contribution in [0.15, 0.2) is 12.3 Å². The summed E-state index contributed by atoms with van der Waals surface area (Å²) in [5.41, 5.74) is 5.68. The van der Waals surface area contributed by atoms with Gasteiger partial charge < -0.3 is 10.5 Å². The molecule has 0 aliphatic heterocycles. The van der Waals surface area contributed by atoms with Crippen LogP contribution in [0.4, 0.5) is 5.69 Å². The first kappa shape index (κ1) is 12.3. The Hall–Kier alpha value is -2.20. The Balaban J connectivity index is 2.23. The second kappa shape index (κ2) is 4.98. The van der Waals surface area contributed by atoms with Crippen molar-refractivity contribution in [2.75, 3.05) is 0 Å². The molecule has 1 heterocycles. The molecule has 0 spiro atoms. The largest absolute Gasteiger partial charge is 0.472 e. The molecular weight excluding hydrogens is 236 g/mol. The van der Waals surface area contributed by atoms with Crippen molar-refractivity contribution in [1.82, 2.24) is 4.98 Å². The molecule has 0 radical (unpaired) electrons. The van der Waals surface area contributed by atoms with Gasteiger partial charge in [-0.25, -0.2) is 4.98 Å². The Morgan fingerprint density at radius 3 is 2.94 bits per heavy atom. The molecule has 1 aromatic rings. The first-order valence-corrected chi connectivity index (χ1v) is 5.58. The summed E-state index contributed by atoms with van der Waals surface area (Å²) >= 11 is 0. The van der Waals surface area contributed by atoms with E-state index in [4.69, 9.17) is 15.7 Å². The normalized spacial score (nSPS) is 22.4. The first-order valence-electron chi connectivity index (χ1n) is 5.58. The molecular formula is C11H12N4O3. The minimum absolute atomic E-state index is 0.0586. The third-order valence-corrected chi connectivity index (χ3v) is 2.93. The highest BCUT2D eigenvalue weighted by molar-refractivity contribution is 5.45. The van der Waals surface area contributed by atoms with Crippen molar-refractivity contribution in [2.24, 2.45) is 5.73 Å². The van der Waals surface area contributed by atoms with Gasteiger partial charge in [-0.05, 0) is 19.3 Å². The van der Waals surface area contributed by atoms with Crippen LogP contribution in [0.1, 0.15) is 24.8 Å². The molecule has 1 saturated carbocycles. The van der Waals surface area contributed by atoms with E-state index in [1.54, 1.807) is 0 Å². The van der Waals surface area contributed by atoms with Crippen LogP contribution in [0.25, 0.3) is 0 Å². The summed E-state index contributed by atoms with van der Waals surface area (Å²) in [7, 11) is 0. The Morgan fingerprint density at radius 2 is 2.39 bits per heavy atom. The van der Waals surface area contributed by atoms with E-state index in [0.29, 0.717) is 0 Å². The summed E-state index contributed by atoms with van der Waals surface area (Å²) in [6.45, 7) is 0. The lowest BCUT2D eigenvalue weighted by molar-refractivity contribution is -0.385. The molecule has 7 heteroatoms. The molecule has 0 amide bonds. The van der Waals surface area contributed by atoms with Crippen LogP contribution in [0.5, 0.6) is 5.88 Å². The fraction of sp³-hybridized carbons (Fsp3) is 0.455. The molecule has 2 unspecified atom stereocenters. The van der Waals surface area contributed by atoms with Crippen molar-refractivity contribution in [3.8, 4) is 11.9 Å². The van der Waals surface area contributed by atoms with Gasteiger partial charge in [0.25, 0.3) is 5.69 Å². The van der Waals surface area contributed by atoms with E-state index in [2.05, 4.69) is 4.98 Å². The Labute approximate surface area is 103 Å². The molecule has 94 valence electrons. The fourth-order valence-corrected chi connectivity index (χ4v) is 1.96.